The molecular formula is C13H16ClNOS. The van der Waals surface area contributed by atoms with Crippen LogP contribution in [0.2, 0.25) is 5.02 Å². The Morgan fingerprint density at radius 2 is 2.24 bits per heavy atom. The molecule has 1 amide bonds. The normalized spacial score (nSPS) is 15.4. The number of carbonyl (C=O) groups excluding carboxylic acids is 1. The molecule has 0 spiro atoms. The highest BCUT2D eigenvalue weighted by molar-refractivity contribution is 7.80. The molecule has 0 bridgehead atoms. The minimum Gasteiger partial charge on any atom is -0.352 e. The number of nitrogens with one attached hydrogen (secondary N) is 1. The molecule has 1 aromatic rings. The standard InChI is InChI=1S/C13H16ClNOS/c14-12-5-4-10(17)8-11(12)13(16)15-7-6-9-2-1-3-9/h4-5,8-9,17H,1-3,6-7H2,(H,15,16). The van der Waals surface area contributed by atoms with Gasteiger partial charge in [-0.15, -0.1) is 12.6 Å². The van der Waals surface area contributed by atoms with Gasteiger partial charge in [0.1, 0.15) is 0 Å². The van der Waals surface area contributed by atoms with E-state index in [1.54, 1.807) is 18.2 Å². The van der Waals surface area contributed by atoms with Crippen LogP contribution in [0.3, 0.4) is 0 Å². The highest BCUT2D eigenvalue weighted by Gasteiger charge is 2.17. The largest absolute Gasteiger partial charge is 0.352 e. The quantitative estimate of drug-likeness (QED) is 0.805. The average Bonchev–Trinajstić information content (AvgIpc) is 2.25. The summed E-state index contributed by atoms with van der Waals surface area (Å²) >= 11 is 10.2. The second kappa shape index (κ2) is 5.78. The van der Waals surface area contributed by atoms with E-state index in [1.807, 2.05) is 0 Å². The Kier molecular flexibility index (Phi) is 4.35. The SMILES string of the molecule is O=C(NCCC1CCC1)c1cc(S)ccc1Cl. The smallest absolute Gasteiger partial charge is 0.252 e. The minimum absolute atomic E-state index is 0.106. The maximum absolute atomic E-state index is 11.9. The van der Waals surface area contributed by atoms with Crippen molar-refractivity contribution in [3.05, 3.63) is 28.8 Å². The van der Waals surface area contributed by atoms with Gasteiger partial charge in [-0.1, -0.05) is 30.9 Å². The molecule has 1 saturated carbocycles. The fourth-order valence-electron chi connectivity index (χ4n) is 1.95. The zero-order chi connectivity index (χ0) is 12.3. The van der Waals surface area contributed by atoms with Crippen LogP contribution >= 0.6 is 24.2 Å². The van der Waals surface area contributed by atoms with Gasteiger partial charge in [-0.2, -0.15) is 0 Å². The zero-order valence-corrected chi connectivity index (χ0v) is 11.2. The molecule has 2 rings (SSSR count). The Hall–Kier alpha value is -0.670. The number of amides is 1. The third-order valence-electron chi connectivity index (χ3n) is 3.26. The summed E-state index contributed by atoms with van der Waals surface area (Å²) in [4.78, 5) is 12.6. The van der Waals surface area contributed by atoms with Crippen LogP contribution < -0.4 is 5.32 Å². The molecule has 1 aliphatic rings. The Morgan fingerprint density at radius 3 is 2.88 bits per heavy atom. The van der Waals surface area contributed by atoms with E-state index < -0.39 is 0 Å². The van der Waals surface area contributed by atoms with Crippen molar-refractivity contribution >= 4 is 30.1 Å². The lowest BCUT2D eigenvalue weighted by atomic mass is 9.83. The highest BCUT2D eigenvalue weighted by Crippen LogP contribution is 2.28. The molecule has 2 nitrogen and oxygen atoms in total. The van der Waals surface area contributed by atoms with Crippen LogP contribution in [0.4, 0.5) is 0 Å². The Balaban J connectivity index is 1.87. The lowest BCUT2D eigenvalue weighted by molar-refractivity contribution is 0.0949. The number of hydrogen-bond acceptors (Lipinski definition) is 2. The molecule has 4 heteroatoms. The molecule has 0 radical (unpaired) electrons. The number of carbonyl (C=O) groups is 1. The van der Waals surface area contributed by atoms with Crippen molar-refractivity contribution in [2.45, 2.75) is 30.6 Å². The molecule has 0 unspecified atom stereocenters. The average molecular weight is 270 g/mol. The fraction of sp³-hybridized carbons (Fsp3) is 0.462. The number of rotatable bonds is 4. The maximum atomic E-state index is 11.9. The van der Waals surface area contributed by atoms with Crippen LogP contribution in [0.5, 0.6) is 0 Å². The van der Waals surface area contributed by atoms with Crippen LogP contribution in [-0.4, -0.2) is 12.5 Å². The molecule has 1 N–H and O–H groups in total. The molecule has 1 aliphatic carbocycles. The van der Waals surface area contributed by atoms with Crippen molar-refractivity contribution in [1.82, 2.24) is 5.32 Å². The van der Waals surface area contributed by atoms with Crippen LogP contribution in [0, 0.1) is 5.92 Å². The first kappa shape index (κ1) is 12.8. The summed E-state index contributed by atoms with van der Waals surface area (Å²) in [6.07, 6.45) is 5.03. The van der Waals surface area contributed by atoms with E-state index in [2.05, 4.69) is 17.9 Å². The summed E-state index contributed by atoms with van der Waals surface area (Å²) in [6, 6.07) is 5.17. The molecule has 1 aromatic carbocycles. The van der Waals surface area contributed by atoms with E-state index in [0.717, 1.165) is 23.8 Å². The van der Waals surface area contributed by atoms with Crippen molar-refractivity contribution < 1.29 is 4.79 Å². The topological polar surface area (TPSA) is 29.1 Å². The molecule has 17 heavy (non-hydrogen) atoms. The van der Waals surface area contributed by atoms with Gasteiger partial charge >= 0.3 is 0 Å². The third-order valence-corrected chi connectivity index (χ3v) is 3.87. The Morgan fingerprint density at radius 1 is 1.47 bits per heavy atom. The highest BCUT2D eigenvalue weighted by atomic mass is 35.5. The first-order valence-corrected chi connectivity index (χ1v) is 6.76. The fourth-order valence-corrected chi connectivity index (χ4v) is 2.36. The van der Waals surface area contributed by atoms with Gasteiger partial charge in [-0.3, -0.25) is 4.79 Å². The molecule has 0 heterocycles. The maximum Gasteiger partial charge on any atom is 0.252 e. The van der Waals surface area contributed by atoms with E-state index in [-0.39, 0.29) is 5.91 Å². The molecule has 1 fully saturated rings. The molecule has 0 aromatic heterocycles. The van der Waals surface area contributed by atoms with Gasteiger partial charge in [0.2, 0.25) is 0 Å². The predicted molar refractivity (Wildman–Crippen MR) is 73.0 cm³/mol. The number of thiol groups is 1. The molecule has 92 valence electrons. The van der Waals surface area contributed by atoms with Gasteiger partial charge in [-0.25, -0.2) is 0 Å². The zero-order valence-electron chi connectivity index (χ0n) is 9.58. The van der Waals surface area contributed by atoms with E-state index in [1.165, 1.54) is 19.3 Å². The van der Waals surface area contributed by atoms with Gasteiger partial charge in [-0.05, 0) is 30.5 Å². The monoisotopic (exact) mass is 269 g/mol. The van der Waals surface area contributed by atoms with E-state index in [9.17, 15) is 4.79 Å². The lowest BCUT2D eigenvalue weighted by Gasteiger charge is -2.25. The van der Waals surface area contributed by atoms with Crippen molar-refractivity contribution in [2.75, 3.05) is 6.54 Å². The Labute approximate surface area is 112 Å². The summed E-state index contributed by atoms with van der Waals surface area (Å²) in [6.45, 7) is 0.733. The minimum atomic E-state index is -0.106. The second-order valence-electron chi connectivity index (χ2n) is 4.51. The number of hydrogen-bond donors (Lipinski definition) is 2. The third kappa shape index (κ3) is 3.39. The summed E-state index contributed by atoms with van der Waals surface area (Å²) in [7, 11) is 0. The predicted octanol–water partition coefficient (Wildman–Crippen LogP) is 3.55. The van der Waals surface area contributed by atoms with Crippen LogP contribution in [0.15, 0.2) is 23.1 Å². The first-order valence-electron chi connectivity index (χ1n) is 5.93. The van der Waals surface area contributed by atoms with Gasteiger partial charge in [0, 0.05) is 11.4 Å². The van der Waals surface area contributed by atoms with Crippen LogP contribution in [0.25, 0.3) is 0 Å². The number of benzene rings is 1. The molecule has 0 saturated heterocycles. The van der Waals surface area contributed by atoms with E-state index in [4.69, 9.17) is 11.6 Å². The first-order chi connectivity index (χ1) is 8.16. The summed E-state index contributed by atoms with van der Waals surface area (Å²) < 4.78 is 0. The van der Waals surface area contributed by atoms with Gasteiger partial charge in [0.15, 0.2) is 0 Å². The van der Waals surface area contributed by atoms with Gasteiger partial charge in [0.05, 0.1) is 10.6 Å². The van der Waals surface area contributed by atoms with E-state index in [0.29, 0.717) is 10.6 Å². The van der Waals surface area contributed by atoms with Crippen molar-refractivity contribution in [1.29, 1.82) is 0 Å². The van der Waals surface area contributed by atoms with Crippen molar-refractivity contribution in [2.24, 2.45) is 5.92 Å². The van der Waals surface area contributed by atoms with Crippen LogP contribution in [-0.2, 0) is 0 Å². The summed E-state index contributed by atoms with van der Waals surface area (Å²) in [5.41, 5.74) is 0.507. The Bertz CT molecular complexity index is 418. The van der Waals surface area contributed by atoms with Gasteiger partial charge < -0.3 is 5.32 Å². The van der Waals surface area contributed by atoms with Gasteiger partial charge in [0.25, 0.3) is 5.91 Å². The van der Waals surface area contributed by atoms with E-state index >= 15 is 0 Å². The van der Waals surface area contributed by atoms with Crippen LogP contribution in [0.1, 0.15) is 36.0 Å². The molecule has 0 atom stereocenters. The lowest BCUT2D eigenvalue weighted by Crippen LogP contribution is -2.27. The second-order valence-corrected chi connectivity index (χ2v) is 5.43. The number of halogens is 1. The molecular weight excluding hydrogens is 254 g/mol. The van der Waals surface area contributed by atoms with Crippen molar-refractivity contribution in [3.8, 4) is 0 Å². The molecule has 0 aliphatic heterocycles. The summed E-state index contributed by atoms with van der Waals surface area (Å²) in [5, 5.41) is 3.38. The summed E-state index contributed by atoms with van der Waals surface area (Å²) in [5.74, 6) is 0.701. The van der Waals surface area contributed by atoms with Crippen molar-refractivity contribution in [3.63, 3.8) is 0 Å².